The maximum atomic E-state index is 9.23. The van der Waals surface area contributed by atoms with Crippen molar-refractivity contribution in [3.63, 3.8) is 0 Å². The first kappa shape index (κ1) is 21.7. The molecule has 166 valence electrons. The first-order valence-corrected chi connectivity index (χ1v) is 12.3. The number of fused-ring (bicyclic) bond motifs is 2. The van der Waals surface area contributed by atoms with Crippen molar-refractivity contribution in [3.05, 3.63) is 119 Å². The van der Waals surface area contributed by atoms with E-state index in [0.29, 0.717) is 5.84 Å². The summed E-state index contributed by atoms with van der Waals surface area (Å²) in [6, 6.07) is 25.1. The number of rotatable bonds is 4. The van der Waals surface area contributed by atoms with Crippen LogP contribution in [0.5, 0.6) is 0 Å². The predicted molar refractivity (Wildman–Crippen MR) is 138 cm³/mol. The zero-order valence-corrected chi connectivity index (χ0v) is 19.9. The van der Waals surface area contributed by atoms with Gasteiger partial charge in [-0.15, -0.1) is 0 Å². The number of nitrogens with one attached hydrogen (secondary N) is 1. The van der Waals surface area contributed by atoms with Gasteiger partial charge in [-0.2, -0.15) is 0 Å². The lowest BCUT2D eigenvalue weighted by Gasteiger charge is -2.36. The van der Waals surface area contributed by atoms with Gasteiger partial charge in [-0.1, -0.05) is 98.4 Å². The summed E-state index contributed by atoms with van der Waals surface area (Å²) in [5, 5.41) is 9.23. The van der Waals surface area contributed by atoms with Crippen molar-refractivity contribution in [3.8, 4) is 0 Å². The molecule has 0 radical (unpaired) electrons. The fourth-order valence-electron chi connectivity index (χ4n) is 4.75. The third-order valence-electron chi connectivity index (χ3n) is 6.62. The van der Waals surface area contributed by atoms with Crippen molar-refractivity contribution in [2.75, 3.05) is 0 Å². The van der Waals surface area contributed by atoms with Gasteiger partial charge in [0.25, 0.3) is 0 Å². The molecule has 1 atom stereocenters. The van der Waals surface area contributed by atoms with E-state index in [1.54, 1.807) is 11.8 Å². The van der Waals surface area contributed by atoms with Crippen molar-refractivity contribution in [2.45, 2.75) is 48.1 Å². The molecule has 0 saturated heterocycles. The second-order valence-corrected chi connectivity index (χ2v) is 10.2. The monoisotopic (exact) mass is 451 g/mol. The van der Waals surface area contributed by atoms with E-state index in [0.717, 1.165) is 29.7 Å². The summed E-state index contributed by atoms with van der Waals surface area (Å²) in [4.78, 5) is 4.45. The van der Waals surface area contributed by atoms with E-state index in [1.807, 2.05) is 35.2 Å². The molecule has 1 unspecified atom stereocenters. The van der Waals surface area contributed by atoms with Gasteiger partial charge in [-0.05, 0) is 47.7 Å². The Morgan fingerprint density at radius 1 is 0.939 bits per heavy atom. The zero-order valence-electron chi connectivity index (χ0n) is 19.1. The highest BCUT2D eigenvalue weighted by molar-refractivity contribution is 7.99. The van der Waals surface area contributed by atoms with Crippen LogP contribution in [-0.4, -0.2) is 10.7 Å². The maximum Gasteiger partial charge on any atom is 0.134 e. The maximum absolute atomic E-state index is 9.23. The highest BCUT2D eigenvalue weighted by Gasteiger charge is 2.33. The van der Waals surface area contributed by atoms with Crippen LogP contribution in [0.2, 0.25) is 0 Å². The minimum atomic E-state index is -0.437. The number of amidine groups is 1. The number of nitrogens with two attached hydrogens (primary N) is 1. The lowest BCUT2D eigenvalue weighted by atomic mass is 9.77. The summed E-state index contributed by atoms with van der Waals surface area (Å²) in [6.07, 6.45) is 7.98. The molecule has 1 aliphatic carbocycles. The molecule has 0 saturated carbocycles. The van der Waals surface area contributed by atoms with Crippen LogP contribution in [0.4, 0.5) is 0 Å². The van der Waals surface area contributed by atoms with Crippen LogP contribution in [0.25, 0.3) is 0 Å². The van der Waals surface area contributed by atoms with E-state index in [9.17, 15) is 5.41 Å². The van der Waals surface area contributed by atoms with Gasteiger partial charge < -0.3 is 10.6 Å². The second-order valence-electron chi connectivity index (χ2n) is 9.12. The fourth-order valence-corrected chi connectivity index (χ4v) is 6.19. The summed E-state index contributed by atoms with van der Waals surface area (Å²) in [5.74, 6) is 0.421. The van der Waals surface area contributed by atoms with Crippen LogP contribution < -0.4 is 5.73 Å². The van der Waals surface area contributed by atoms with Crippen LogP contribution in [0, 0.1) is 5.41 Å². The molecule has 33 heavy (non-hydrogen) atoms. The lowest BCUT2D eigenvalue weighted by Crippen LogP contribution is -2.39. The van der Waals surface area contributed by atoms with E-state index in [2.05, 4.69) is 74.5 Å². The molecule has 3 N–H and O–H groups in total. The molecule has 0 bridgehead atoms. The van der Waals surface area contributed by atoms with Gasteiger partial charge in [0.2, 0.25) is 0 Å². The number of hydrogen-bond acceptors (Lipinski definition) is 3. The van der Waals surface area contributed by atoms with Gasteiger partial charge in [0, 0.05) is 26.5 Å². The highest BCUT2D eigenvalue weighted by Crippen LogP contribution is 2.49. The third kappa shape index (κ3) is 3.94. The summed E-state index contributed by atoms with van der Waals surface area (Å²) in [6.45, 7) is 4.56. The Kier molecular flexibility index (Phi) is 5.73. The first-order chi connectivity index (χ1) is 16.0. The fraction of sp³-hybridized carbons (Fsp3) is 0.207. The van der Waals surface area contributed by atoms with Crippen molar-refractivity contribution in [1.29, 1.82) is 5.41 Å². The summed E-state index contributed by atoms with van der Waals surface area (Å²) >= 11 is 1.79. The van der Waals surface area contributed by atoms with Crippen molar-refractivity contribution < 1.29 is 0 Å². The molecule has 0 spiro atoms. The van der Waals surface area contributed by atoms with Crippen LogP contribution in [0.3, 0.4) is 0 Å². The van der Waals surface area contributed by atoms with E-state index in [4.69, 9.17) is 5.73 Å². The lowest BCUT2D eigenvalue weighted by molar-refractivity contribution is 0.399. The Morgan fingerprint density at radius 2 is 1.67 bits per heavy atom. The van der Waals surface area contributed by atoms with Crippen molar-refractivity contribution >= 4 is 17.6 Å². The Labute approximate surface area is 200 Å². The van der Waals surface area contributed by atoms with Crippen LogP contribution in [0.1, 0.15) is 55.1 Å². The van der Waals surface area contributed by atoms with Gasteiger partial charge in [0.1, 0.15) is 12.0 Å². The summed E-state index contributed by atoms with van der Waals surface area (Å²) in [5.41, 5.74) is 12.2. The third-order valence-corrected chi connectivity index (χ3v) is 7.76. The van der Waals surface area contributed by atoms with E-state index in [1.165, 1.54) is 20.9 Å². The van der Waals surface area contributed by atoms with Gasteiger partial charge in [0.15, 0.2) is 0 Å². The van der Waals surface area contributed by atoms with Gasteiger partial charge in [0.05, 0.1) is 0 Å². The highest BCUT2D eigenvalue weighted by atomic mass is 32.2. The Hall–Kier alpha value is -3.08. The van der Waals surface area contributed by atoms with Gasteiger partial charge in [-0.3, -0.25) is 5.41 Å². The molecule has 0 amide bonds. The number of allylic oxidation sites excluding steroid dienone is 3. The molecule has 2 aliphatic rings. The molecule has 4 heteroatoms. The molecular formula is C29H29N3S. The molecule has 1 heterocycles. The summed E-state index contributed by atoms with van der Waals surface area (Å²) < 4.78 is 0. The second kappa shape index (κ2) is 8.69. The largest absolute Gasteiger partial charge is 0.307 e. The molecule has 3 aromatic rings. The molecular weight excluding hydrogens is 422 g/mol. The average Bonchev–Trinajstić information content (AvgIpc) is 2.85. The zero-order chi connectivity index (χ0) is 23.0. The molecule has 5 rings (SSSR count). The van der Waals surface area contributed by atoms with Crippen molar-refractivity contribution in [2.24, 2.45) is 5.73 Å². The molecule has 0 aromatic heterocycles. The standard InChI is InChI=1S/C29H29N3S/c1-29(2)23-15-9-10-16-25(23)33-26-19-21(17-18-24(26)29)28(31)32(22-13-7-4-8-14-22)27(30)20-11-5-3-6-12-20/h3,5-7,9-19,27,31H,4,8,30H2,1-2H3. The van der Waals surface area contributed by atoms with E-state index >= 15 is 0 Å². The quantitative estimate of drug-likeness (QED) is 0.255. The molecule has 1 aliphatic heterocycles. The Bertz CT molecular complexity index is 1260. The number of benzene rings is 3. The van der Waals surface area contributed by atoms with E-state index in [-0.39, 0.29) is 5.41 Å². The topological polar surface area (TPSA) is 53.1 Å². The van der Waals surface area contributed by atoms with E-state index < -0.39 is 6.17 Å². The van der Waals surface area contributed by atoms with Crippen molar-refractivity contribution in [1.82, 2.24) is 4.90 Å². The van der Waals surface area contributed by atoms with Gasteiger partial charge in [-0.25, -0.2) is 0 Å². The summed E-state index contributed by atoms with van der Waals surface area (Å²) in [7, 11) is 0. The van der Waals surface area contributed by atoms with Gasteiger partial charge >= 0.3 is 0 Å². The molecule has 3 aromatic carbocycles. The van der Waals surface area contributed by atoms with Crippen LogP contribution >= 0.6 is 11.8 Å². The smallest absolute Gasteiger partial charge is 0.134 e. The SMILES string of the molecule is CC1(C)c2ccccc2Sc2cc(C(=N)N(C3=CCCC=C3)C(N)c3ccccc3)ccc21. The van der Waals surface area contributed by atoms with Crippen LogP contribution in [0.15, 0.2) is 107 Å². The van der Waals surface area contributed by atoms with Crippen LogP contribution in [-0.2, 0) is 5.41 Å². The minimum absolute atomic E-state index is 0.0767. The number of nitrogens with zero attached hydrogens (tertiary/aromatic N) is 1. The predicted octanol–water partition coefficient (Wildman–Crippen LogP) is 7.00. The Balaban J connectivity index is 1.55. The normalized spacial score (nSPS) is 16.9. The number of hydrogen-bond donors (Lipinski definition) is 2. The Morgan fingerprint density at radius 3 is 2.42 bits per heavy atom. The molecule has 0 fully saturated rings. The average molecular weight is 452 g/mol. The minimum Gasteiger partial charge on any atom is -0.307 e. The first-order valence-electron chi connectivity index (χ1n) is 11.4. The molecule has 3 nitrogen and oxygen atoms in total.